The molecule has 0 atom stereocenters. The third-order valence-corrected chi connectivity index (χ3v) is 3.86. The van der Waals surface area contributed by atoms with Crippen LogP contribution in [0.1, 0.15) is 42.7 Å². The lowest BCUT2D eigenvalue weighted by molar-refractivity contribution is 0.199. The Morgan fingerprint density at radius 1 is 1.17 bits per heavy atom. The van der Waals surface area contributed by atoms with Crippen molar-refractivity contribution in [2.75, 3.05) is 26.8 Å². The Morgan fingerprint density at radius 3 is 2.56 bits per heavy atom. The molecule has 1 saturated carbocycles. The molecule has 100 valence electrons. The van der Waals surface area contributed by atoms with E-state index in [0.29, 0.717) is 0 Å². The van der Waals surface area contributed by atoms with E-state index in [-0.39, 0.29) is 0 Å². The molecule has 1 aromatic rings. The zero-order chi connectivity index (χ0) is 12.6. The minimum absolute atomic E-state index is 0.802. The highest BCUT2D eigenvalue weighted by Gasteiger charge is 2.18. The molecule has 1 N–H and O–H groups in total. The smallest absolute Gasteiger partial charge is 0.0587 e. The molecule has 0 bridgehead atoms. The summed E-state index contributed by atoms with van der Waals surface area (Å²) in [6.45, 7) is 2.83. The molecule has 1 aliphatic rings. The van der Waals surface area contributed by atoms with E-state index in [1.165, 1.54) is 37.7 Å². The van der Waals surface area contributed by atoms with Crippen LogP contribution < -0.4 is 5.32 Å². The van der Waals surface area contributed by atoms with Gasteiger partial charge in [0.25, 0.3) is 0 Å². The average molecular weight is 247 g/mol. The van der Waals surface area contributed by atoms with Crippen LogP contribution in [-0.4, -0.2) is 26.8 Å². The van der Waals surface area contributed by atoms with Crippen LogP contribution in [0.25, 0.3) is 0 Å². The molecule has 1 aromatic carbocycles. The third-order valence-electron chi connectivity index (χ3n) is 3.86. The molecule has 0 unspecified atom stereocenters. The number of aryl methyl sites for hydroxylation is 1. The fourth-order valence-electron chi connectivity index (χ4n) is 2.41. The Kier molecular flexibility index (Phi) is 5.69. The number of rotatable bonds is 8. The molecule has 2 rings (SSSR count). The second-order valence-corrected chi connectivity index (χ2v) is 5.22. The number of hydrogen-bond acceptors (Lipinski definition) is 2. The van der Waals surface area contributed by atoms with E-state index in [0.717, 1.165) is 25.6 Å². The number of benzene rings is 1. The van der Waals surface area contributed by atoms with Crippen molar-refractivity contribution in [2.24, 2.45) is 0 Å². The molecule has 2 heteroatoms. The molecule has 0 amide bonds. The molecule has 0 heterocycles. The van der Waals surface area contributed by atoms with Crippen molar-refractivity contribution in [3.05, 3.63) is 35.4 Å². The normalized spacial score (nSPS) is 15.6. The van der Waals surface area contributed by atoms with Crippen LogP contribution in [0.2, 0.25) is 0 Å². The summed E-state index contributed by atoms with van der Waals surface area (Å²) in [6.07, 6.45) is 6.57. The van der Waals surface area contributed by atoms with E-state index < -0.39 is 0 Å². The molecule has 0 radical (unpaired) electrons. The zero-order valence-corrected chi connectivity index (χ0v) is 11.5. The predicted molar refractivity (Wildman–Crippen MR) is 76.1 cm³/mol. The lowest BCUT2D eigenvalue weighted by Crippen LogP contribution is -2.20. The summed E-state index contributed by atoms with van der Waals surface area (Å²) in [6, 6.07) is 9.28. The molecule has 0 aromatic heterocycles. The van der Waals surface area contributed by atoms with E-state index in [9.17, 15) is 0 Å². The Morgan fingerprint density at radius 2 is 1.94 bits per heavy atom. The van der Waals surface area contributed by atoms with Crippen molar-refractivity contribution in [1.82, 2.24) is 5.32 Å². The van der Waals surface area contributed by atoms with Gasteiger partial charge in [-0.3, -0.25) is 0 Å². The number of methoxy groups -OCH3 is 1. The average Bonchev–Trinajstić information content (AvgIpc) is 2.33. The second kappa shape index (κ2) is 7.55. The first-order valence-electron chi connectivity index (χ1n) is 7.18. The van der Waals surface area contributed by atoms with Crippen LogP contribution in [0, 0.1) is 0 Å². The Labute approximate surface area is 111 Å². The van der Waals surface area contributed by atoms with Crippen LogP contribution in [-0.2, 0) is 11.2 Å². The summed E-state index contributed by atoms with van der Waals surface area (Å²) in [7, 11) is 1.74. The SMILES string of the molecule is COCCNCCCc1ccc(C2CCC2)cc1. The van der Waals surface area contributed by atoms with Crippen LogP contribution in [0.5, 0.6) is 0 Å². The third kappa shape index (κ3) is 4.11. The number of nitrogens with one attached hydrogen (secondary N) is 1. The highest BCUT2D eigenvalue weighted by Crippen LogP contribution is 2.36. The molecule has 2 nitrogen and oxygen atoms in total. The summed E-state index contributed by atoms with van der Waals surface area (Å²) in [5.74, 6) is 0.856. The molecule has 1 fully saturated rings. The van der Waals surface area contributed by atoms with Gasteiger partial charge >= 0.3 is 0 Å². The van der Waals surface area contributed by atoms with Crippen molar-refractivity contribution in [2.45, 2.75) is 38.0 Å². The lowest BCUT2D eigenvalue weighted by Gasteiger charge is -2.25. The van der Waals surface area contributed by atoms with Crippen molar-refractivity contribution < 1.29 is 4.74 Å². The van der Waals surface area contributed by atoms with E-state index in [2.05, 4.69) is 29.6 Å². The Hall–Kier alpha value is -0.860. The van der Waals surface area contributed by atoms with Crippen LogP contribution in [0.3, 0.4) is 0 Å². The van der Waals surface area contributed by atoms with Crippen molar-refractivity contribution in [3.63, 3.8) is 0 Å². The molecular weight excluding hydrogens is 222 g/mol. The quantitative estimate of drug-likeness (QED) is 0.713. The van der Waals surface area contributed by atoms with Gasteiger partial charge in [-0.15, -0.1) is 0 Å². The van der Waals surface area contributed by atoms with Gasteiger partial charge in [0.2, 0.25) is 0 Å². The summed E-state index contributed by atoms with van der Waals surface area (Å²) >= 11 is 0. The predicted octanol–water partition coefficient (Wildman–Crippen LogP) is 3.12. The summed E-state index contributed by atoms with van der Waals surface area (Å²) in [5.41, 5.74) is 3.01. The number of hydrogen-bond donors (Lipinski definition) is 1. The van der Waals surface area contributed by atoms with Crippen molar-refractivity contribution >= 4 is 0 Å². The Balaban J connectivity index is 1.63. The van der Waals surface area contributed by atoms with Crippen LogP contribution >= 0.6 is 0 Å². The summed E-state index contributed by atoms with van der Waals surface area (Å²) in [4.78, 5) is 0. The van der Waals surface area contributed by atoms with Crippen LogP contribution in [0.4, 0.5) is 0 Å². The van der Waals surface area contributed by atoms with Crippen LogP contribution in [0.15, 0.2) is 24.3 Å². The highest BCUT2D eigenvalue weighted by molar-refractivity contribution is 5.26. The van der Waals surface area contributed by atoms with E-state index in [1.807, 2.05) is 0 Å². The highest BCUT2D eigenvalue weighted by atomic mass is 16.5. The first-order chi connectivity index (χ1) is 8.90. The summed E-state index contributed by atoms with van der Waals surface area (Å²) in [5, 5.41) is 3.38. The van der Waals surface area contributed by atoms with Gasteiger partial charge < -0.3 is 10.1 Å². The van der Waals surface area contributed by atoms with Gasteiger partial charge in [0.05, 0.1) is 6.61 Å². The van der Waals surface area contributed by atoms with Gasteiger partial charge in [-0.1, -0.05) is 30.7 Å². The van der Waals surface area contributed by atoms with Gasteiger partial charge in [0.15, 0.2) is 0 Å². The maximum Gasteiger partial charge on any atom is 0.0587 e. The zero-order valence-electron chi connectivity index (χ0n) is 11.5. The van der Waals surface area contributed by atoms with Crippen molar-refractivity contribution in [1.29, 1.82) is 0 Å². The largest absolute Gasteiger partial charge is 0.383 e. The van der Waals surface area contributed by atoms with Crippen molar-refractivity contribution in [3.8, 4) is 0 Å². The minimum Gasteiger partial charge on any atom is -0.383 e. The minimum atomic E-state index is 0.802. The molecule has 0 spiro atoms. The van der Waals surface area contributed by atoms with Gasteiger partial charge in [-0.25, -0.2) is 0 Å². The molecule has 18 heavy (non-hydrogen) atoms. The molecule has 0 saturated heterocycles. The standard InChI is InChI=1S/C16H25NO/c1-18-13-12-17-11-3-4-14-7-9-16(10-8-14)15-5-2-6-15/h7-10,15,17H,2-6,11-13H2,1H3. The lowest BCUT2D eigenvalue weighted by atomic mass is 9.80. The fraction of sp³-hybridized carbons (Fsp3) is 0.625. The second-order valence-electron chi connectivity index (χ2n) is 5.22. The topological polar surface area (TPSA) is 21.3 Å². The molecule has 0 aliphatic heterocycles. The van der Waals surface area contributed by atoms with E-state index in [4.69, 9.17) is 4.74 Å². The fourth-order valence-corrected chi connectivity index (χ4v) is 2.41. The summed E-state index contributed by atoms with van der Waals surface area (Å²) < 4.78 is 5.00. The van der Waals surface area contributed by atoms with E-state index in [1.54, 1.807) is 12.7 Å². The molecular formula is C16H25NO. The number of ether oxygens (including phenoxy) is 1. The first-order valence-corrected chi connectivity index (χ1v) is 7.18. The van der Waals surface area contributed by atoms with Gasteiger partial charge in [-0.05, 0) is 49.3 Å². The van der Waals surface area contributed by atoms with E-state index >= 15 is 0 Å². The van der Waals surface area contributed by atoms with Gasteiger partial charge in [-0.2, -0.15) is 0 Å². The maximum absolute atomic E-state index is 5.00. The van der Waals surface area contributed by atoms with Gasteiger partial charge in [0.1, 0.15) is 0 Å². The monoisotopic (exact) mass is 247 g/mol. The maximum atomic E-state index is 5.00. The Bertz CT molecular complexity index is 329. The molecule has 1 aliphatic carbocycles. The first kappa shape index (κ1) is 13.6. The van der Waals surface area contributed by atoms with Gasteiger partial charge in [0, 0.05) is 13.7 Å².